The largest absolute Gasteiger partial charge is 0.430 e. The smallest absolute Gasteiger partial charge is 0.356 e. The zero-order valence-electron chi connectivity index (χ0n) is 23.0. The number of rotatable bonds is 8. The minimum absolute atomic E-state index is 0.0513. The van der Waals surface area contributed by atoms with Crippen LogP contribution in [0.25, 0.3) is 0 Å². The number of hydrogen-bond acceptors (Lipinski definition) is 3. The van der Waals surface area contributed by atoms with Crippen molar-refractivity contribution in [2.75, 3.05) is 7.11 Å². The second-order valence-electron chi connectivity index (χ2n) is 9.89. The van der Waals surface area contributed by atoms with Gasteiger partial charge in [0.25, 0.3) is 11.5 Å². The van der Waals surface area contributed by atoms with Crippen molar-refractivity contribution in [1.29, 1.82) is 0 Å². The summed E-state index contributed by atoms with van der Waals surface area (Å²) >= 11 is 5.95. The maximum absolute atomic E-state index is 14.9. The molecule has 0 saturated heterocycles. The van der Waals surface area contributed by atoms with Crippen LogP contribution in [0, 0.1) is 0 Å². The molecule has 4 nitrogen and oxygen atoms in total. The van der Waals surface area contributed by atoms with Crippen molar-refractivity contribution in [2.45, 2.75) is 36.1 Å². The Balaban J connectivity index is 2.15. The number of ether oxygens (including phenoxy) is 1. The lowest BCUT2D eigenvalue weighted by atomic mass is 9.76. The minimum atomic E-state index is -5.51. The Morgan fingerprint density at radius 1 is 0.756 bits per heavy atom. The molecule has 14 heteroatoms. The molecular weight excluding hydrogens is 639 g/mol. The minimum Gasteiger partial charge on any atom is -0.356 e. The number of benzene rings is 3. The number of alkyl halides is 9. The van der Waals surface area contributed by atoms with E-state index in [1.165, 1.54) is 48.5 Å². The van der Waals surface area contributed by atoms with Gasteiger partial charge in [0.1, 0.15) is 5.54 Å². The summed E-state index contributed by atoms with van der Waals surface area (Å²) in [4.78, 5) is 18.1. The molecule has 1 aromatic heterocycles. The number of nitrogens with zero attached hydrogens (tertiary/aromatic N) is 1. The van der Waals surface area contributed by atoms with Gasteiger partial charge in [-0.3, -0.25) is 9.78 Å². The second kappa shape index (κ2) is 12.4. The van der Waals surface area contributed by atoms with Gasteiger partial charge in [0.15, 0.2) is 0 Å². The van der Waals surface area contributed by atoms with E-state index in [4.69, 9.17) is 16.3 Å². The SMILES string of the molecule is CO[C@](C(=O)N[C@@](Cc1ccccc1)(c1ccc(Cl)cn1)c1cc(C(F)(F)F)ccc1C(F)(F)F)(c1ccccc1)C(F)(F)F. The van der Waals surface area contributed by atoms with Crippen molar-refractivity contribution in [1.82, 2.24) is 10.3 Å². The van der Waals surface area contributed by atoms with E-state index in [2.05, 4.69) is 10.3 Å². The first-order valence-corrected chi connectivity index (χ1v) is 13.3. The summed E-state index contributed by atoms with van der Waals surface area (Å²) in [7, 11) is 0.574. The monoisotopic (exact) mass is 660 g/mol. The molecule has 0 bridgehead atoms. The lowest BCUT2D eigenvalue weighted by molar-refractivity contribution is -0.266. The Labute approximate surface area is 255 Å². The van der Waals surface area contributed by atoms with Gasteiger partial charge in [-0.2, -0.15) is 39.5 Å². The molecule has 4 aromatic rings. The van der Waals surface area contributed by atoms with Crippen molar-refractivity contribution in [2.24, 2.45) is 0 Å². The molecule has 0 radical (unpaired) electrons. The van der Waals surface area contributed by atoms with Crippen molar-refractivity contribution in [3.05, 3.63) is 136 Å². The fraction of sp³-hybridized carbons (Fsp3) is 0.226. The average molecular weight is 661 g/mol. The van der Waals surface area contributed by atoms with Gasteiger partial charge in [-0.05, 0) is 41.5 Å². The number of pyridine rings is 1. The van der Waals surface area contributed by atoms with Crippen molar-refractivity contribution in [3.8, 4) is 0 Å². The summed E-state index contributed by atoms with van der Waals surface area (Å²) in [6, 6.07) is 15.4. The van der Waals surface area contributed by atoms with Crippen LogP contribution in [0.15, 0.2) is 97.2 Å². The van der Waals surface area contributed by atoms with Crippen LogP contribution >= 0.6 is 11.6 Å². The highest BCUT2D eigenvalue weighted by Gasteiger charge is 2.64. The highest BCUT2D eigenvalue weighted by atomic mass is 35.5. The first-order chi connectivity index (χ1) is 21.0. The Kier molecular flexibility index (Phi) is 9.28. The van der Waals surface area contributed by atoms with Gasteiger partial charge in [0.2, 0.25) is 0 Å². The lowest BCUT2D eigenvalue weighted by Gasteiger charge is -2.41. The predicted octanol–water partition coefficient (Wildman–Crippen LogP) is 8.48. The number of amides is 1. The molecule has 0 unspecified atom stereocenters. The Morgan fingerprint density at radius 3 is 1.84 bits per heavy atom. The lowest BCUT2D eigenvalue weighted by Crippen LogP contribution is -2.61. The molecule has 3 aromatic carbocycles. The molecule has 238 valence electrons. The van der Waals surface area contributed by atoms with E-state index in [1.54, 1.807) is 0 Å². The van der Waals surface area contributed by atoms with E-state index in [1.807, 2.05) is 0 Å². The van der Waals surface area contributed by atoms with Crippen LogP contribution in [-0.2, 0) is 39.4 Å². The standard InChI is InChI=1S/C31H22ClF9N2O2/c1-45-28(31(39,40)41,20-10-6-3-7-11-20)26(44)43-27(17-19-8-4-2-5-9-19,25-15-13-22(32)18-42-25)24-16-21(29(33,34)35)12-14-23(24)30(36,37)38/h2-16,18H,17H2,1H3,(H,43,44)/t27-,28+/m1/s1. The Morgan fingerprint density at radius 2 is 1.36 bits per heavy atom. The molecule has 1 amide bonds. The fourth-order valence-corrected chi connectivity index (χ4v) is 5.17. The first kappa shape index (κ1) is 33.8. The maximum atomic E-state index is 14.9. The first-order valence-electron chi connectivity index (χ1n) is 12.9. The van der Waals surface area contributed by atoms with Crippen LogP contribution in [0.5, 0.6) is 0 Å². The highest BCUT2D eigenvalue weighted by Crippen LogP contribution is 2.47. The number of hydrogen-bond donors (Lipinski definition) is 1. The summed E-state index contributed by atoms with van der Waals surface area (Å²) in [6.45, 7) is 0. The summed E-state index contributed by atoms with van der Waals surface area (Å²) in [5.41, 5.74) is -12.2. The number of methoxy groups -OCH3 is 1. The molecule has 0 aliphatic carbocycles. The molecule has 1 N–H and O–H groups in total. The molecule has 0 aliphatic heterocycles. The van der Waals surface area contributed by atoms with Crippen LogP contribution < -0.4 is 5.32 Å². The number of aromatic nitrogens is 1. The molecule has 2 atom stereocenters. The van der Waals surface area contributed by atoms with Crippen LogP contribution in [0.2, 0.25) is 5.02 Å². The topological polar surface area (TPSA) is 51.2 Å². The van der Waals surface area contributed by atoms with Gasteiger partial charge in [-0.15, -0.1) is 0 Å². The van der Waals surface area contributed by atoms with E-state index in [0.29, 0.717) is 7.11 Å². The number of carbonyl (C=O) groups excluding carboxylic acids is 1. The zero-order chi connectivity index (χ0) is 33.3. The van der Waals surface area contributed by atoms with E-state index >= 15 is 0 Å². The molecule has 0 fully saturated rings. The van der Waals surface area contributed by atoms with E-state index < -0.39 is 69.9 Å². The zero-order valence-corrected chi connectivity index (χ0v) is 23.7. The molecule has 0 saturated carbocycles. The van der Waals surface area contributed by atoms with Crippen LogP contribution in [0.3, 0.4) is 0 Å². The van der Waals surface area contributed by atoms with Gasteiger partial charge in [0, 0.05) is 25.3 Å². The van der Waals surface area contributed by atoms with Crippen LogP contribution in [0.1, 0.15) is 33.5 Å². The van der Waals surface area contributed by atoms with Gasteiger partial charge >= 0.3 is 18.5 Å². The summed E-state index contributed by atoms with van der Waals surface area (Å²) in [6.07, 6.45) is -15.9. The number of carbonyl (C=O) groups is 1. The molecule has 45 heavy (non-hydrogen) atoms. The van der Waals surface area contributed by atoms with Crippen molar-refractivity contribution in [3.63, 3.8) is 0 Å². The maximum Gasteiger partial charge on any atom is 0.430 e. The van der Waals surface area contributed by atoms with Crippen molar-refractivity contribution < 1.29 is 49.0 Å². The highest BCUT2D eigenvalue weighted by molar-refractivity contribution is 6.30. The molecule has 0 spiro atoms. The average Bonchev–Trinajstić information content (AvgIpc) is 2.97. The third-order valence-electron chi connectivity index (χ3n) is 7.12. The molecule has 0 aliphatic rings. The normalized spacial score (nSPS) is 15.2. The molecule has 4 rings (SSSR count). The van der Waals surface area contributed by atoms with E-state index in [0.717, 1.165) is 30.5 Å². The van der Waals surface area contributed by atoms with E-state index in [9.17, 15) is 44.3 Å². The third-order valence-corrected chi connectivity index (χ3v) is 7.34. The quantitative estimate of drug-likeness (QED) is 0.193. The Bertz CT molecular complexity index is 1630. The summed E-state index contributed by atoms with van der Waals surface area (Å²) in [5.74, 6) is -2.01. The number of nitrogens with one attached hydrogen (secondary N) is 1. The van der Waals surface area contributed by atoms with Crippen LogP contribution in [0.4, 0.5) is 39.5 Å². The van der Waals surface area contributed by atoms with Gasteiger partial charge in [0.05, 0.1) is 21.8 Å². The van der Waals surface area contributed by atoms with Crippen molar-refractivity contribution >= 4 is 17.5 Å². The van der Waals surface area contributed by atoms with Gasteiger partial charge < -0.3 is 10.1 Å². The predicted molar refractivity (Wildman–Crippen MR) is 146 cm³/mol. The molecule has 1 heterocycles. The Hall–Kier alpha value is -4.10. The van der Waals surface area contributed by atoms with E-state index in [-0.39, 0.29) is 28.8 Å². The van der Waals surface area contributed by atoms with Crippen LogP contribution in [-0.4, -0.2) is 24.2 Å². The summed E-state index contributed by atoms with van der Waals surface area (Å²) < 4.78 is 135. The van der Waals surface area contributed by atoms with Gasteiger partial charge in [-0.25, -0.2) is 0 Å². The summed E-state index contributed by atoms with van der Waals surface area (Å²) in [5, 5.41) is 2.01. The number of halogens is 10. The van der Waals surface area contributed by atoms with Gasteiger partial charge in [-0.1, -0.05) is 72.3 Å². The second-order valence-corrected chi connectivity index (χ2v) is 10.3. The fourth-order valence-electron chi connectivity index (χ4n) is 5.05. The third kappa shape index (κ3) is 6.64. The molecular formula is C31H22ClF9N2O2.